The Bertz CT molecular complexity index is 412. The minimum absolute atomic E-state index is 0.101. The predicted octanol–water partition coefficient (Wildman–Crippen LogP) is 0.285. The van der Waals surface area contributed by atoms with Gasteiger partial charge in [0.15, 0.2) is 14.2 Å². The van der Waals surface area contributed by atoms with Crippen LogP contribution in [0.25, 0.3) is 0 Å². The fourth-order valence-corrected chi connectivity index (χ4v) is 3.40. The molecule has 0 unspecified atom stereocenters. The number of aromatic nitrogens is 2. The Morgan fingerprint density at radius 2 is 2.21 bits per heavy atom. The molecule has 0 fully saturated rings. The number of rotatable bonds is 5. The second kappa shape index (κ2) is 4.85. The van der Waals surface area contributed by atoms with Gasteiger partial charge in [0.25, 0.3) is 0 Å². The molecule has 1 radical (unpaired) electrons. The summed E-state index contributed by atoms with van der Waals surface area (Å²) in [6, 6.07) is 0. The Labute approximate surface area is 89.8 Å². The second-order valence-corrected chi connectivity index (χ2v) is 6.89. The zero-order valence-electron chi connectivity index (χ0n) is 7.26. The number of thioether (sulfide) groups is 1. The van der Waals surface area contributed by atoms with Gasteiger partial charge in [-0.3, -0.25) is 4.79 Å². The van der Waals surface area contributed by atoms with Crippen molar-refractivity contribution in [1.29, 1.82) is 0 Å². The fraction of sp³-hybridized carbons (Fsp3) is 0.500. The van der Waals surface area contributed by atoms with Crippen LogP contribution in [0, 0.1) is 0 Å². The molecule has 0 N–H and O–H groups in total. The van der Waals surface area contributed by atoms with Gasteiger partial charge in [-0.2, -0.15) is 0 Å². The van der Waals surface area contributed by atoms with Gasteiger partial charge in [0.1, 0.15) is 10.8 Å². The predicted molar refractivity (Wildman–Crippen MR) is 54.9 cm³/mol. The van der Waals surface area contributed by atoms with Crippen molar-refractivity contribution >= 4 is 39.2 Å². The number of hydrogen-bond acceptors (Lipinski definition) is 7. The van der Waals surface area contributed by atoms with Gasteiger partial charge in [-0.15, -0.1) is 10.2 Å². The lowest BCUT2D eigenvalue weighted by Gasteiger charge is -1.89. The van der Waals surface area contributed by atoms with E-state index in [9.17, 15) is 13.2 Å². The third kappa shape index (κ3) is 4.16. The summed E-state index contributed by atoms with van der Waals surface area (Å²) in [4.78, 5) is 9.93. The van der Waals surface area contributed by atoms with Gasteiger partial charge < -0.3 is 0 Å². The molecule has 0 bridgehead atoms. The molecule has 0 saturated carbocycles. The third-order valence-electron chi connectivity index (χ3n) is 1.09. The highest BCUT2D eigenvalue weighted by Crippen LogP contribution is 2.22. The van der Waals surface area contributed by atoms with E-state index in [1.807, 2.05) is 0 Å². The summed E-state index contributed by atoms with van der Waals surface area (Å²) in [7, 11) is -3.06. The number of nitrogens with zero attached hydrogens (tertiary/aromatic N) is 2. The van der Waals surface area contributed by atoms with Crippen molar-refractivity contribution in [1.82, 2.24) is 10.2 Å². The molecular weight excluding hydrogens is 244 g/mol. The van der Waals surface area contributed by atoms with E-state index in [1.54, 1.807) is 6.29 Å². The molecule has 0 aliphatic carbocycles. The Hall–Kier alpha value is -0.470. The first-order valence-corrected chi connectivity index (χ1v) is 7.35. The van der Waals surface area contributed by atoms with Crippen molar-refractivity contribution < 1.29 is 13.2 Å². The molecule has 0 aliphatic heterocycles. The molecule has 1 rings (SSSR count). The lowest BCUT2D eigenvalue weighted by molar-refractivity contribution is 0.560. The SMILES string of the molecule is CS(=O)(=O)Cc1nnc(SC[C]=O)s1. The Balaban J connectivity index is 2.64. The highest BCUT2D eigenvalue weighted by atomic mass is 32.2. The molecule has 0 amide bonds. The Morgan fingerprint density at radius 3 is 2.79 bits per heavy atom. The van der Waals surface area contributed by atoms with Crippen LogP contribution in [-0.4, -0.2) is 36.9 Å². The van der Waals surface area contributed by atoms with Gasteiger partial charge in [-0.05, 0) is 0 Å². The van der Waals surface area contributed by atoms with Gasteiger partial charge in [0, 0.05) is 6.26 Å². The fourth-order valence-electron chi connectivity index (χ4n) is 0.670. The van der Waals surface area contributed by atoms with Crippen molar-refractivity contribution in [3.8, 4) is 0 Å². The van der Waals surface area contributed by atoms with Crippen LogP contribution in [0.4, 0.5) is 0 Å². The smallest absolute Gasteiger partial charge is 0.209 e. The van der Waals surface area contributed by atoms with E-state index >= 15 is 0 Å². The van der Waals surface area contributed by atoms with Crippen molar-refractivity contribution in [2.45, 2.75) is 10.1 Å². The summed E-state index contributed by atoms with van der Waals surface area (Å²) in [5, 5.41) is 7.86. The zero-order valence-corrected chi connectivity index (χ0v) is 9.71. The largest absolute Gasteiger partial charge is 0.290 e. The zero-order chi connectivity index (χ0) is 10.6. The Kier molecular flexibility index (Phi) is 4.02. The highest BCUT2D eigenvalue weighted by Gasteiger charge is 2.10. The topological polar surface area (TPSA) is 77.0 Å². The molecular formula is C6H7N2O3S3. The first-order valence-electron chi connectivity index (χ1n) is 3.49. The molecule has 14 heavy (non-hydrogen) atoms. The van der Waals surface area contributed by atoms with Crippen LogP contribution < -0.4 is 0 Å². The van der Waals surface area contributed by atoms with Crippen LogP contribution in [0.15, 0.2) is 4.34 Å². The van der Waals surface area contributed by atoms with E-state index in [-0.39, 0.29) is 11.5 Å². The molecule has 1 aromatic heterocycles. The first kappa shape index (κ1) is 11.6. The van der Waals surface area contributed by atoms with Crippen molar-refractivity contribution in [3.63, 3.8) is 0 Å². The summed E-state index contributed by atoms with van der Waals surface area (Å²) in [5.74, 6) is 0.0868. The average Bonchev–Trinajstić information content (AvgIpc) is 2.46. The maximum Gasteiger partial charge on any atom is 0.209 e. The molecule has 8 heteroatoms. The van der Waals surface area contributed by atoms with Gasteiger partial charge in [0.2, 0.25) is 6.29 Å². The van der Waals surface area contributed by atoms with Gasteiger partial charge in [-0.1, -0.05) is 23.1 Å². The average molecular weight is 251 g/mol. The third-order valence-corrected chi connectivity index (χ3v) is 3.98. The maximum atomic E-state index is 10.9. The minimum atomic E-state index is -3.06. The number of hydrogen-bond donors (Lipinski definition) is 0. The van der Waals surface area contributed by atoms with Crippen LogP contribution in [0.2, 0.25) is 0 Å². The highest BCUT2D eigenvalue weighted by molar-refractivity contribution is 8.01. The second-order valence-electron chi connectivity index (χ2n) is 2.46. The minimum Gasteiger partial charge on any atom is -0.290 e. The molecule has 0 atom stereocenters. The number of sulfone groups is 1. The van der Waals surface area contributed by atoms with Crippen molar-refractivity contribution in [2.24, 2.45) is 0 Å². The van der Waals surface area contributed by atoms with Crippen LogP contribution in [-0.2, 0) is 20.4 Å². The summed E-state index contributed by atoms with van der Waals surface area (Å²) in [6.45, 7) is 0. The number of carbonyl (C=O) groups excluding carboxylic acids is 1. The van der Waals surface area contributed by atoms with Crippen LogP contribution in [0.5, 0.6) is 0 Å². The van der Waals surface area contributed by atoms with Gasteiger partial charge in [0.05, 0.1) is 5.75 Å². The normalized spacial score (nSPS) is 11.5. The molecule has 0 aromatic carbocycles. The van der Waals surface area contributed by atoms with Crippen LogP contribution in [0.3, 0.4) is 0 Å². The Morgan fingerprint density at radius 1 is 1.50 bits per heavy atom. The van der Waals surface area contributed by atoms with E-state index in [0.29, 0.717) is 9.35 Å². The maximum absolute atomic E-state index is 10.9. The lowest BCUT2D eigenvalue weighted by Crippen LogP contribution is -1.99. The summed E-state index contributed by atoms with van der Waals surface area (Å²) in [6.07, 6.45) is 2.85. The molecule has 5 nitrogen and oxygen atoms in total. The molecule has 0 aliphatic rings. The molecule has 77 valence electrons. The summed E-state index contributed by atoms with van der Waals surface area (Å²) >= 11 is 2.38. The quantitative estimate of drug-likeness (QED) is 0.700. The van der Waals surface area contributed by atoms with Crippen LogP contribution in [0.1, 0.15) is 5.01 Å². The standard InChI is InChI=1S/C6H7N2O3S3/c1-14(10,11)4-5-7-8-6(13-5)12-3-2-9/h3-4H2,1H3. The first-order chi connectivity index (χ1) is 6.51. The van der Waals surface area contributed by atoms with Gasteiger partial charge >= 0.3 is 0 Å². The van der Waals surface area contributed by atoms with E-state index in [0.717, 1.165) is 6.26 Å². The monoisotopic (exact) mass is 251 g/mol. The van der Waals surface area contributed by atoms with Crippen molar-refractivity contribution in [2.75, 3.05) is 12.0 Å². The van der Waals surface area contributed by atoms with E-state index in [1.165, 1.54) is 23.1 Å². The van der Waals surface area contributed by atoms with Crippen LogP contribution >= 0.6 is 23.1 Å². The van der Waals surface area contributed by atoms with E-state index in [2.05, 4.69) is 10.2 Å². The van der Waals surface area contributed by atoms with E-state index in [4.69, 9.17) is 0 Å². The summed E-state index contributed by atoms with van der Waals surface area (Å²) < 4.78 is 22.4. The molecule has 1 heterocycles. The molecule has 1 aromatic rings. The van der Waals surface area contributed by atoms with Crippen molar-refractivity contribution in [3.05, 3.63) is 5.01 Å². The van der Waals surface area contributed by atoms with E-state index < -0.39 is 9.84 Å². The van der Waals surface area contributed by atoms with Gasteiger partial charge in [-0.25, -0.2) is 8.42 Å². The summed E-state index contributed by atoms with van der Waals surface area (Å²) in [5.41, 5.74) is 0. The lowest BCUT2D eigenvalue weighted by atomic mass is 10.9. The molecule has 0 saturated heterocycles. The molecule has 0 spiro atoms.